The van der Waals surface area contributed by atoms with Crippen molar-refractivity contribution in [2.75, 3.05) is 0 Å². The van der Waals surface area contributed by atoms with Crippen molar-refractivity contribution in [3.05, 3.63) is 0 Å². The Kier molecular flexibility index (Phi) is 0.494. The first-order valence-corrected chi connectivity index (χ1v) is 2.76. The zero-order valence-electron chi connectivity index (χ0n) is 4.15. The van der Waals surface area contributed by atoms with Crippen LogP contribution in [0.1, 0.15) is 19.3 Å². The first kappa shape index (κ1) is 3.47. The molecule has 1 aliphatic carbocycles. The Hall–Kier alpha value is -0.530. The predicted octanol–water partition coefficient (Wildman–Crippen LogP) is 0.498. The molecule has 0 amide bonds. The van der Waals surface area contributed by atoms with Crippen molar-refractivity contribution in [1.82, 2.24) is 5.43 Å². The summed E-state index contributed by atoms with van der Waals surface area (Å²) in [5, 5.41) is 4.07. The first-order valence-electron chi connectivity index (χ1n) is 2.76. The fraction of sp³-hybridized carbons (Fsp3) is 0.800. The second-order valence-corrected chi connectivity index (χ2v) is 2.25. The van der Waals surface area contributed by atoms with Crippen molar-refractivity contribution in [3.8, 4) is 0 Å². The average Bonchev–Trinajstić information content (AvgIpc) is 2.22. The van der Waals surface area contributed by atoms with E-state index in [0.717, 1.165) is 6.04 Å². The van der Waals surface area contributed by atoms with Crippen LogP contribution in [0.15, 0.2) is 5.10 Å². The largest absolute Gasteiger partial charge is 0.307 e. The van der Waals surface area contributed by atoms with E-state index in [9.17, 15) is 0 Å². The van der Waals surface area contributed by atoms with Crippen LogP contribution in [0.5, 0.6) is 0 Å². The van der Waals surface area contributed by atoms with E-state index >= 15 is 0 Å². The summed E-state index contributed by atoms with van der Waals surface area (Å²) in [6.07, 6.45) is 3.79. The van der Waals surface area contributed by atoms with E-state index < -0.39 is 0 Å². The highest BCUT2D eigenvalue weighted by Gasteiger charge is 2.24. The monoisotopic (exact) mass is 96.1 g/mol. The Bertz CT molecular complexity index is 117. The lowest BCUT2D eigenvalue weighted by Gasteiger charge is -2.02. The van der Waals surface area contributed by atoms with Crippen LogP contribution in [-0.2, 0) is 0 Å². The molecule has 1 saturated carbocycles. The molecule has 0 radical (unpaired) electrons. The molecular weight excluding hydrogens is 88.1 g/mol. The van der Waals surface area contributed by atoms with Gasteiger partial charge in [-0.05, 0) is 12.8 Å². The summed E-state index contributed by atoms with van der Waals surface area (Å²) in [6.45, 7) is 0. The Morgan fingerprint density at radius 2 is 2.71 bits per heavy atom. The van der Waals surface area contributed by atoms with Crippen molar-refractivity contribution < 1.29 is 0 Å². The van der Waals surface area contributed by atoms with E-state index in [4.69, 9.17) is 0 Å². The minimum atomic E-state index is 0.718. The van der Waals surface area contributed by atoms with Crippen LogP contribution in [0.4, 0.5) is 0 Å². The molecule has 38 valence electrons. The van der Waals surface area contributed by atoms with Crippen molar-refractivity contribution in [1.29, 1.82) is 0 Å². The molecule has 0 aromatic heterocycles. The fourth-order valence-corrected chi connectivity index (χ4v) is 1.22. The minimum Gasteiger partial charge on any atom is -0.307 e. The van der Waals surface area contributed by atoms with Gasteiger partial charge in [-0.1, -0.05) is 0 Å². The van der Waals surface area contributed by atoms with Gasteiger partial charge in [-0.25, -0.2) is 0 Å². The van der Waals surface area contributed by atoms with Crippen molar-refractivity contribution in [2.24, 2.45) is 5.10 Å². The summed E-state index contributed by atoms with van der Waals surface area (Å²) in [6, 6.07) is 0.718. The molecule has 2 rings (SSSR count). The predicted molar refractivity (Wildman–Crippen MR) is 28.2 cm³/mol. The number of hydrogen-bond donors (Lipinski definition) is 1. The summed E-state index contributed by atoms with van der Waals surface area (Å²) < 4.78 is 0. The van der Waals surface area contributed by atoms with Crippen LogP contribution in [0.2, 0.25) is 0 Å². The number of nitrogens with one attached hydrogen (secondary N) is 1. The third kappa shape index (κ3) is 0.363. The molecule has 2 bridgehead atoms. The van der Waals surface area contributed by atoms with E-state index in [0.29, 0.717) is 0 Å². The molecule has 2 nitrogen and oxygen atoms in total. The van der Waals surface area contributed by atoms with E-state index in [1.807, 2.05) is 0 Å². The van der Waals surface area contributed by atoms with Gasteiger partial charge in [0.1, 0.15) is 0 Å². The van der Waals surface area contributed by atoms with E-state index in [1.54, 1.807) is 0 Å². The van der Waals surface area contributed by atoms with Gasteiger partial charge in [-0.3, -0.25) is 0 Å². The lowest BCUT2D eigenvalue weighted by atomic mass is 10.3. The summed E-state index contributed by atoms with van der Waals surface area (Å²) >= 11 is 0. The lowest BCUT2D eigenvalue weighted by Crippen LogP contribution is -2.16. The molecule has 0 aromatic rings. The van der Waals surface area contributed by atoms with Crippen molar-refractivity contribution in [2.45, 2.75) is 25.3 Å². The second kappa shape index (κ2) is 0.997. The fourth-order valence-electron chi connectivity index (χ4n) is 1.22. The summed E-state index contributed by atoms with van der Waals surface area (Å²) in [5.74, 6) is 0. The average molecular weight is 96.1 g/mol. The van der Waals surface area contributed by atoms with Crippen LogP contribution in [0.25, 0.3) is 0 Å². The van der Waals surface area contributed by atoms with Gasteiger partial charge in [0.2, 0.25) is 0 Å². The zero-order chi connectivity index (χ0) is 4.69. The third-order valence-corrected chi connectivity index (χ3v) is 1.67. The topological polar surface area (TPSA) is 24.4 Å². The molecule has 1 unspecified atom stereocenters. The molecule has 1 N–H and O–H groups in total. The molecule has 1 heterocycles. The molecule has 0 saturated heterocycles. The quantitative estimate of drug-likeness (QED) is 0.466. The first-order chi connectivity index (χ1) is 3.45. The van der Waals surface area contributed by atoms with E-state index in [1.165, 1.54) is 25.0 Å². The van der Waals surface area contributed by atoms with Crippen LogP contribution >= 0.6 is 0 Å². The molecular formula is C5H8N2. The van der Waals surface area contributed by atoms with E-state index in [-0.39, 0.29) is 0 Å². The molecule has 0 spiro atoms. The standard InChI is InChI=1S/C5H8N2/c1-2-5-3-4(1)6-7-5/h4,6H,1-3H2. The Morgan fingerprint density at radius 3 is 2.86 bits per heavy atom. The van der Waals surface area contributed by atoms with Crippen molar-refractivity contribution in [3.63, 3.8) is 0 Å². The summed E-state index contributed by atoms with van der Waals surface area (Å²) in [4.78, 5) is 0. The number of fused-ring (bicyclic) bond motifs is 2. The molecule has 1 atom stereocenters. The van der Waals surface area contributed by atoms with Gasteiger partial charge in [0, 0.05) is 18.2 Å². The highest BCUT2D eigenvalue weighted by atomic mass is 15.3. The summed E-state index contributed by atoms with van der Waals surface area (Å²) in [5.41, 5.74) is 4.42. The van der Waals surface area contributed by atoms with Gasteiger partial charge in [0.05, 0.1) is 0 Å². The Balaban J connectivity index is 2.30. The molecule has 2 heteroatoms. The van der Waals surface area contributed by atoms with Gasteiger partial charge in [0.25, 0.3) is 0 Å². The van der Waals surface area contributed by atoms with Gasteiger partial charge >= 0.3 is 0 Å². The van der Waals surface area contributed by atoms with Gasteiger partial charge < -0.3 is 5.43 Å². The molecule has 1 aliphatic heterocycles. The van der Waals surface area contributed by atoms with Gasteiger partial charge in [-0.15, -0.1) is 0 Å². The number of hydrazone groups is 1. The molecule has 1 fully saturated rings. The highest BCUT2D eigenvalue weighted by Crippen LogP contribution is 2.20. The zero-order valence-corrected chi connectivity index (χ0v) is 4.15. The number of rotatable bonds is 0. The lowest BCUT2D eigenvalue weighted by molar-refractivity contribution is 0.566. The minimum absolute atomic E-state index is 0.718. The highest BCUT2D eigenvalue weighted by molar-refractivity contribution is 5.88. The number of hydrogen-bond acceptors (Lipinski definition) is 2. The van der Waals surface area contributed by atoms with Crippen LogP contribution in [-0.4, -0.2) is 11.8 Å². The van der Waals surface area contributed by atoms with Crippen molar-refractivity contribution >= 4 is 5.71 Å². The molecule has 2 aliphatic rings. The smallest absolute Gasteiger partial charge is 0.0496 e. The van der Waals surface area contributed by atoms with Crippen LogP contribution < -0.4 is 5.43 Å². The normalized spacial score (nSPS) is 35.4. The van der Waals surface area contributed by atoms with Crippen LogP contribution in [0, 0.1) is 0 Å². The summed E-state index contributed by atoms with van der Waals surface area (Å²) in [7, 11) is 0. The Labute approximate surface area is 42.6 Å². The van der Waals surface area contributed by atoms with E-state index in [2.05, 4.69) is 10.5 Å². The maximum absolute atomic E-state index is 4.07. The maximum Gasteiger partial charge on any atom is 0.0496 e. The van der Waals surface area contributed by atoms with Gasteiger partial charge in [0.15, 0.2) is 0 Å². The SMILES string of the molecule is C1CC2CC1=NN2. The molecule has 0 aromatic carbocycles. The second-order valence-electron chi connectivity index (χ2n) is 2.25. The van der Waals surface area contributed by atoms with Crippen LogP contribution in [0.3, 0.4) is 0 Å². The number of nitrogens with zero attached hydrogens (tertiary/aromatic N) is 1. The third-order valence-electron chi connectivity index (χ3n) is 1.67. The van der Waals surface area contributed by atoms with Gasteiger partial charge in [-0.2, -0.15) is 5.10 Å². The molecule has 7 heavy (non-hydrogen) atoms. The Morgan fingerprint density at radius 1 is 1.71 bits per heavy atom. The maximum atomic E-state index is 4.07.